The quantitative estimate of drug-likeness (QED) is 0.914. The van der Waals surface area contributed by atoms with Crippen LogP contribution in [0.2, 0.25) is 0 Å². The molecule has 0 radical (unpaired) electrons. The minimum absolute atomic E-state index is 0.0541. The van der Waals surface area contributed by atoms with Crippen molar-refractivity contribution in [1.82, 2.24) is 5.32 Å². The van der Waals surface area contributed by atoms with E-state index in [2.05, 4.69) is 10.3 Å². The highest BCUT2D eigenvalue weighted by atomic mass is 32.2. The first-order valence-corrected chi connectivity index (χ1v) is 10.1. The van der Waals surface area contributed by atoms with E-state index in [-0.39, 0.29) is 17.9 Å². The van der Waals surface area contributed by atoms with Gasteiger partial charge in [-0.25, -0.2) is 8.42 Å². The molecule has 1 aromatic carbocycles. The second-order valence-corrected chi connectivity index (χ2v) is 8.71. The molecule has 2 unspecified atom stereocenters. The van der Waals surface area contributed by atoms with Crippen LogP contribution in [0.3, 0.4) is 0 Å². The molecule has 2 atom stereocenters. The molecule has 1 fully saturated rings. The zero-order valence-electron chi connectivity index (χ0n) is 12.3. The van der Waals surface area contributed by atoms with Crippen molar-refractivity contribution in [1.29, 1.82) is 0 Å². The number of sulfone groups is 1. The Morgan fingerprint density at radius 1 is 1.27 bits per heavy atom. The maximum absolute atomic E-state index is 12.0. The van der Waals surface area contributed by atoms with Crippen LogP contribution in [-0.4, -0.2) is 31.8 Å². The van der Waals surface area contributed by atoms with Gasteiger partial charge in [0, 0.05) is 12.0 Å². The van der Waals surface area contributed by atoms with E-state index in [0.717, 1.165) is 24.8 Å². The molecule has 0 spiro atoms. The topological polar surface area (TPSA) is 75.6 Å². The van der Waals surface area contributed by atoms with Crippen LogP contribution in [-0.2, 0) is 20.4 Å². The Bertz CT molecular complexity index is 711. The number of aliphatic imine (C=N–C) groups is 1. The zero-order valence-corrected chi connectivity index (χ0v) is 13.9. The Labute approximate surface area is 134 Å². The second-order valence-electron chi connectivity index (χ2n) is 5.73. The third-order valence-corrected chi connectivity index (χ3v) is 6.14. The Balaban J connectivity index is 1.64. The fraction of sp³-hybridized carbons (Fsp3) is 0.467. The van der Waals surface area contributed by atoms with Crippen molar-refractivity contribution in [3.63, 3.8) is 0 Å². The number of amides is 1. The van der Waals surface area contributed by atoms with Crippen LogP contribution >= 0.6 is 11.8 Å². The molecule has 1 aromatic rings. The van der Waals surface area contributed by atoms with E-state index >= 15 is 0 Å². The number of nitrogens with zero attached hydrogens (tertiary/aromatic N) is 1. The molecule has 5 nitrogen and oxygen atoms in total. The van der Waals surface area contributed by atoms with E-state index in [4.69, 9.17) is 0 Å². The van der Waals surface area contributed by atoms with Gasteiger partial charge in [0.05, 0.1) is 16.9 Å². The number of amidine groups is 1. The maximum Gasteiger partial charge on any atom is 0.231 e. The van der Waals surface area contributed by atoms with Gasteiger partial charge in [-0.15, -0.1) is 0 Å². The molecule has 1 heterocycles. The molecule has 1 aliphatic heterocycles. The fourth-order valence-corrected chi connectivity index (χ4v) is 4.35. The van der Waals surface area contributed by atoms with Gasteiger partial charge in [-0.05, 0) is 30.5 Å². The number of rotatable bonds is 3. The smallest absolute Gasteiger partial charge is 0.231 e. The molecule has 1 saturated carbocycles. The molecule has 3 rings (SSSR count). The van der Waals surface area contributed by atoms with Crippen molar-refractivity contribution < 1.29 is 13.2 Å². The highest BCUT2D eigenvalue weighted by Crippen LogP contribution is 2.32. The first-order valence-electron chi connectivity index (χ1n) is 7.24. The van der Waals surface area contributed by atoms with Crippen molar-refractivity contribution >= 4 is 32.7 Å². The highest BCUT2D eigenvalue weighted by molar-refractivity contribution is 8.13. The normalized spacial score (nSPS) is 24.6. The SMILES string of the molecule is CS(=O)(=O)c1ccc(CSC2=NC3CCCC3C(=O)N2)cc1. The summed E-state index contributed by atoms with van der Waals surface area (Å²) in [4.78, 5) is 16.9. The van der Waals surface area contributed by atoms with Crippen molar-refractivity contribution in [2.75, 3.05) is 6.26 Å². The summed E-state index contributed by atoms with van der Waals surface area (Å²) in [5, 5.41) is 3.55. The Hall–Kier alpha value is -1.34. The van der Waals surface area contributed by atoms with Crippen molar-refractivity contribution in [3.05, 3.63) is 29.8 Å². The number of thioether (sulfide) groups is 1. The van der Waals surface area contributed by atoms with Gasteiger partial charge >= 0.3 is 0 Å². The molecule has 1 N–H and O–H groups in total. The van der Waals surface area contributed by atoms with E-state index in [1.807, 2.05) is 0 Å². The average Bonchev–Trinajstić information content (AvgIpc) is 2.93. The minimum atomic E-state index is -3.16. The lowest BCUT2D eigenvalue weighted by atomic mass is 10.0. The highest BCUT2D eigenvalue weighted by Gasteiger charge is 2.36. The van der Waals surface area contributed by atoms with E-state index in [9.17, 15) is 13.2 Å². The molecule has 2 aliphatic rings. The standard InChI is InChI=1S/C15H18N2O3S2/c1-22(19,20)11-7-5-10(6-8-11)9-21-15-16-13-4-2-3-12(13)14(18)17-15/h5-8,12-13H,2-4,9H2,1H3,(H,16,17,18). The zero-order chi connectivity index (χ0) is 15.7. The van der Waals surface area contributed by atoms with Crippen LogP contribution in [0, 0.1) is 5.92 Å². The third-order valence-electron chi connectivity index (χ3n) is 4.06. The van der Waals surface area contributed by atoms with Crippen molar-refractivity contribution in [2.24, 2.45) is 10.9 Å². The van der Waals surface area contributed by atoms with Gasteiger partial charge in [-0.2, -0.15) is 0 Å². The Morgan fingerprint density at radius 3 is 2.68 bits per heavy atom. The molecule has 1 aliphatic carbocycles. The molecule has 118 valence electrons. The molecule has 0 bridgehead atoms. The first-order chi connectivity index (χ1) is 10.4. The summed E-state index contributed by atoms with van der Waals surface area (Å²) in [7, 11) is -3.16. The van der Waals surface area contributed by atoms with Crippen LogP contribution < -0.4 is 5.32 Å². The summed E-state index contributed by atoms with van der Waals surface area (Å²) in [6, 6.07) is 6.96. The lowest BCUT2D eigenvalue weighted by Gasteiger charge is -2.23. The Kier molecular flexibility index (Phi) is 4.27. The van der Waals surface area contributed by atoms with Crippen molar-refractivity contribution in [3.8, 4) is 0 Å². The van der Waals surface area contributed by atoms with Crippen LogP contribution in [0.4, 0.5) is 0 Å². The minimum Gasteiger partial charge on any atom is -0.305 e. The molecular weight excluding hydrogens is 320 g/mol. The summed E-state index contributed by atoms with van der Waals surface area (Å²) < 4.78 is 22.8. The van der Waals surface area contributed by atoms with E-state index in [1.165, 1.54) is 18.0 Å². The predicted molar refractivity (Wildman–Crippen MR) is 87.6 cm³/mol. The summed E-state index contributed by atoms with van der Waals surface area (Å²) >= 11 is 1.49. The summed E-state index contributed by atoms with van der Waals surface area (Å²) in [6.07, 6.45) is 4.19. The number of fused-ring (bicyclic) bond motifs is 1. The molecular formula is C15H18N2O3S2. The molecule has 0 aromatic heterocycles. The number of nitrogens with one attached hydrogen (secondary N) is 1. The van der Waals surface area contributed by atoms with Gasteiger partial charge < -0.3 is 5.32 Å². The third kappa shape index (κ3) is 3.35. The fourth-order valence-electron chi connectivity index (χ4n) is 2.84. The molecule has 22 heavy (non-hydrogen) atoms. The van der Waals surface area contributed by atoms with Gasteiger partial charge in [0.1, 0.15) is 0 Å². The van der Waals surface area contributed by atoms with Crippen LogP contribution in [0.25, 0.3) is 0 Å². The number of carbonyl (C=O) groups is 1. The van der Waals surface area contributed by atoms with Crippen LogP contribution in [0.15, 0.2) is 34.2 Å². The van der Waals surface area contributed by atoms with Gasteiger partial charge in [0.15, 0.2) is 15.0 Å². The first kappa shape index (κ1) is 15.6. The summed E-state index contributed by atoms with van der Waals surface area (Å²) in [5.41, 5.74) is 1.00. The van der Waals surface area contributed by atoms with Gasteiger partial charge in [0.2, 0.25) is 5.91 Å². The number of hydrogen-bond donors (Lipinski definition) is 1. The van der Waals surface area contributed by atoms with Gasteiger partial charge in [0.25, 0.3) is 0 Å². The predicted octanol–water partition coefficient (Wildman–Crippen LogP) is 1.98. The van der Waals surface area contributed by atoms with E-state index in [1.54, 1.807) is 24.3 Å². The lowest BCUT2D eigenvalue weighted by Crippen LogP contribution is -2.42. The van der Waals surface area contributed by atoms with E-state index < -0.39 is 9.84 Å². The lowest BCUT2D eigenvalue weighted by molar-refractivity contribution is -0.124. The Morgan fingerprint density at radius 2 is 2.00 bits per heavy atom. The van der Waals surface area contributed by atoms with Gasteiger partial charge in [-0.1, -0.05) is 30.3 Å². The second kappa shape index (κ2) is 6.04. The molecule has 1 amide bonds. The monoisotopic (exact) mass is 338 g/mol. The summed E-state index contributed by atoms with van der Waals surface area (Å²) in [5.74, 6) is 0.798. The number of carbonyl (C=O) groups excluding carboxylic acids is 1. The number of benzene rings is 1. The number of hydrogen-bond acceptors (Lipinski definition) is 5. The van der Waals surface area contributed by atoms with Crippen LogP contribution in [0.5, 0.6) is 0 Å². The van der Waals surface area contributed by atoms with Crippen molar-refractivity contribution in [2.45, 2.75) is 36.0 Å². The maximum atomic E-state index is 12.0. The summed E-state index contributed by atoms with van der Waals surface area (Å²) in [6.45, 7) is 0. The average molecular weight is 338 g/mol. The molecule has 7 heteroatoms. The largest absolute Gasteiger partial charge is 0.305 e. The molecule has 0 saturated heterocycles. The van der Waals surface area contributed by atoms with E-state index in [0.29, 0.717) is 15.8 Å². The van der Waals surface area contributed by atoms with Crippen LogP contribution in [0.1, 0.15) is 24.8 Å². The van der Waals surface area contributed by atoms with Gasteiger partial charge in [-0.3, -0.25) is 9.79 Å².